The minimum Gasteiger partial charge on any atom is -0.382 e. The number of anilines is 2. The third-order valence-electron chi connectivity index (χ3n) is 2.86. The van der Waals surface area contributed by atoms with Gasteiger partial charge in [0.15, 0.2) is 5.13 Å². The van der Waals surface area contributed by atoms with Crippen molar-refractivity contribution in [3.63, 3.8) is 0 Å². The summed E-state index contributed by atoms with van der Waals surface area (Å²) in [6.45, 7) is 3.24. The second kappa shape index (κ2) is 5.91. The Bertz CT molecular complexity index is 605. The van der Waals surface area contributed by atoms with E-state index in [0.29, 0.717) is 11.4 Å². The average molecular weight is 294 g/mol. The van der Waals surface area contributed by atoms with E-state index in [1.807, 2.05) is 32.1 Å². The van der Waals surface area contributed by atoms with Crippen LogP contribution in [0.4, 0.5) is 10.9 Å². The van der Waals surface area contributed by atoms with Crippen molar-refractivity contribution < 1.29 is 4.79 Å². The first-order chi connectivity index (χ1) is 9.51. The first-order valence-corrected chi connectivity index (χ1v) is 7.06. The molecule has 2 rings (SSSR count). The average Bonchev–Trinajstić information content (AvgIpc) is 3.01. The minimum absolute atomic E-state index is 0.209. The molecule has 2 aromatic heterocycles. The summed E-state index contributed by atoms with van der Waals surface area (Å²) in [5, 5.41) is 7.61. The number of rotatable bonds is 5. The first-order valence-electron chi connectivity index (χ1n) is 6.24. The summed E-state index contributed by atoms with van der Waals surface area (Å²) in [5.74, 6) is 0.0635. The molecule has 7 nitrogen and oxygen atoms in total. The van der Waals surface area contributed by atoms with Gasteiger partial charge in [-0.25, -0.2) is 4.98 Å². The number of hydrogen-bond acceptors (Lipinski definition) is 6. The molecule has 3 N–H and O–H groups in total. The van der Waals surface area contributed by atoms with E-state index in [1.165, 1.54) is 11.3 Å². The van der Waals surface area contributed by atoms with Crippen LogP contribution in [0.5, 0.6) is 0 Å². The summed E-state index contributed by atoms with van der Waals surface area (Å²) < 4.78 is 1.69. The monoisotopic (exact) mass is 294 g/mol. The van der Waals surface area contributed by atoms with Crippen LogP contribution in [0.3, 0.4) is 0 Å². The van der Waals surface area contributed by atoms with Crippen molar-refractivity contribution in [2.75, 3.05) is 24.2 Å². The number of carbonyl (C=O) groups excluding carboxylic acids is 1. The standard InChI is InChI=1S/C12H18N6OS/c1-4-17(2)12-16-10(13)9(20-12)11(19)14-5-8-6-15-18(3)7-8/h6-7H,4-5,13H2,1-3H3,(H,14,19). The summed E-state index contributed by atoms with van der Waals surface area (Å²) in [7, 11) is 3.74. The Balaban J connectivity index is 2.03. The highest BCUT2D eigenvalue weighted by Crippen LogP contribution is 2.27. The van der Waals surface area contributed by atoms with Gasteiger partial charge in [0.1, 0.15) is 10.7 Å². The van der Waals surface area contributed by atoms with Crippen molar-refractivity contribution in [2.24, 2.45) is 7.05 Å². The van der Waals surface area contributed by atoms with Crippen molar-refractivity contribution in [1.29, 1.82) is 0 Å². The van der Waals surface area contributed by atoms with Crippen LogP contribution in [0.2, 0.25) is 0 Å². The van der Waals surface area contributed by atoms with Crippen LogP contribution in [-0.2, 0) is 13.6 Å². The molecule has 0 aliphatic heterocycles. The van der Waals surface area contributed by atoms with Crippen LogP contribution < -0.4 is 16.0 Å². The van der Waals surface area contributed by atoms with E-state index in [4.69, 9.17) is 5.73 Å². The molecule has 0 aliphatic carbocycles. The summed E-state index contributed by atoms with van der Waals surface area (Å²) in [6, 6.07) is 0. The number of carbonyl (C=O) groups is 1. The quantitative estimate of drug-likeness (QED) is 0.853. The molecule has 0 saturated carbocycles. The van der Waals surface area contributed by atoms with Gasteiger partial charge in [0.25, 0.3) is 5.91 Å². The normalized spacial score (nSPS) is 10.6. The lowest BCUT2D eigenvalue weighted by Crippen LogP contribution is -2.22. The zero-order chi connectivity index (χ0) is 14.7. The summed E-state index contributed by atoms with van der Waals surface area (Å²) in [5.41, 5.74) is 6.74. The number of hydrogen-bond donors (Lipinski definition) is 2. The lowest BCUT2D eigenvalue weighted by molar-refractivity contribution is 0.0955. The number of thiazole rings is 1. The molecule has 0 aromatic carbocycles. The molecule has 0 radical (unpaired) electrons. The molecular weight excluding hydrogens is 276 g/mol. The largest absolute Gasteiger partial charge is 0.382 e. The predicted octanol–water partition coefficient (Wildman–Crippen LogP) is 0.845. The lowest BCUT2D eigenvalue weighted by atomic mass is 10.3. The number of nitrogens with zero attached hydrogens (tertiary/aromatic N) is 4. The number of aryl methyl sites for hydroxylation is 1. The number of nitrogens with one attached hydrogen (secondary N) is 1. The summed E-state index contributed by atoms with van der Waals surface area (Å²) in [6.07, 6.45) is 3.57. The fraction of sp³-hybridized carbons (Fsp3) is 0.417. The Hall–Kier alpha value is -2.09. The molecule has 0 unspecified atom stereocenters. The first kappa shape index (κ1) is 14.3. The maximum atomic E-state index is 12.1. The van der Waals surface area contributed by atoms with E-state index >= 15 is 0 Å². The molecule has 2 aromatic rings. The Labute approximate surface area is 121 Å². The predicted molar refractivity (Wildman–Crippen MR) is 79.8 cm³/mol. The molecule has 1 amide bonds. The SMILES string of the molecule is CCN(C)c1nc(N)c(C(=O)NCc2cnn(C)c2)s1. The molecule has 0 saturated heterocycles. The third-order valence-corrected chi connectivity index (χ3v) is 4.04. The molecule has 0 spiro atoms. The molecule has 0 fully saturated rings. The van der Waals surface area contributed by atoms with Crippen molar-refractivity contribution in [1.82, 2.24) is 20.1 Å². The zero-order valence-corrected chi connectivity index (χ0v) is 12.6. The van der Waals surface area contributed by atoms with E-state index in [-0.39, 0.29) is 11.7 Å². The van der Waals surface area contributed by atoms with Crippen molar-refractivity contribution in [3.8, 4) is 0 Å². The third kappa shape index (κ3) is 3.08. The van der Waals surface area contributed by atoms with E-state index in [9.17, 15) is 4.79 Å². The number of nitrogen functional groups attached to an aromatic ring is 1. The van der Waals surface area contributed by atoms with Crippen LogP contribution in [0.1, 0.15) is 22.2 Å². The molecular formula is C12H18N6OS. The molecule has 108 valence electrons. The Morgan fingerprint density at radius 1 is 1.60 bits per heavy atom. The van der Waals surface area contributed by atoms with Crippen molar-refractivity contribution >= 4 is 28.2 Å². The van der Waals surface area contributed by atoms with Gasteiger partial charge in [-0.15, -0.1) is 0 Å². The smallest absolute Gasteiger partial charge is 0.265 e. The number of aromatic nitrogens is 3. The lowest BCUT2D eigenvalue weighted by Gasteiger charge is -2.10. The van der Waals surface area contributed by atoms with Gasteiger partial charge in [0, 0.05) is 38.9 Å². The second-order valence-corrected chi connectivity index (χ2v) is 5.41. The van der Waals surface area contributed by atoms with Crippen molar-refractivity contribution in [2.45, 2.75) is 13.5 Å². The topological polar surface area (TPSA) is 89.1 Å². The highest BCUT2D eigenvalue weighted by molar-refractivity contribution is 7.18. The van der Waals surface area contributed by atoms with Gasteiger partial charge in [-0.3, -0.25) is 9.48 Å². The Morgan fingerprint density at radius 3 is 2.95 bits per heavy atom. The molecule has 0 bridgehead atoms. The van der Waals surface area contributed by atoms with Gasteiger partial charge in [-0.2, -0.15) is 5.10 Å². The highest BCUT2D eigenvalue weighted by Gasteiger charge is 2.17. The summed E-state index contributed by atoms with van der Waals surface area (Å²) >= 11 is 1.30. The van der Waals surface area contributed by atoms with Gasteiger partial charge in [-0.1, -0.05) is 11.3 Å². The fourth-order valence-corrected chi connectivity index (χ4v) is 2.53. The van der Waals surface area contributed by atoms with E-state index in [2.05, 4.69) is 15.4 Å². The van der Waals surface area contributed by atoms with E-state index in [0.717, 1.165) is 17.2 Å². The van der Waals surface area contributed by atoms with Gasteiger partial charge >= 0.3 is 0 Å². The maximum absolute atomic E-state index is 12.1. The van der Waals surface area contributed by atoms with Gasteiger partial charge in [0.05, 0.1) is 6.20 Å². The van der Waals surface area contributed by atoms with E-state index < -0.39 is 0 Å². The van der Waals surface area contributed by atoms with Crippen LogP contribution in [-0.4, -0.2) is 34.3 Å². The van der Waals surface area contributed by atoms with Gasteiger partial charge in [0.2, 0.25) is 0 Å². The maximum Gasteiger partial charge on any atom is 0.265 e. The Kier molecular flexibility index (Phi) is 4.23. The van der Waals surface area contributed by atoms with Crippen LogP contribution in [0.15, 0.2) is 12.4 Å². The second-order valence-electron chi connectivity index (χ2n) is 4.43. The van der Waals surface area contributed by atoms with Crippen molar-refractivity contribution in [3.05, 3.63) is 22.8 Å². The van der Waals surface area contributed by atoms with E-state index in [1.54, 1.807) is 10.9 Å². The molecule has 0 aliphatic rings. The summed E-state index contributed by atoms with van der Waals surface area (Å²) in [4.78, 5) is 18.7. The Morgan fingerprint density at radius 2 is 2.35 bits per heavy atom. The molecule has 8 heteroatoms. The zero-order valence-electron chi connectivity index (χ0n) is 11.8. The molecule has 0 atom stereocenters. The van der Waals surface area contributed by atoms with Crippen LogP contribution in [0.25, 0.3) is 0 Å². The minimum atomic E-state index is -0.209. The number of nitrogens with two attached hydrogens (primary N) is 1. The van der Waals surface area contributed by atoms with Gasteiger partial charge < -0.3 is 16.0 Å². The molecule has 20 heavy (non-hydrogen) atoms. The van der Waals surface area contributed by atoms with Gasteiger partial charge in [-0.05, 0) is 6.92 Å². The number of amides is 1. The van der Waals surface area contributed by atoms with Crippen LogP contribution in [0, 0.1) is 0 Å². The fourth-order valence-electron chi connectivity index (χ4n) is 1.61. The van der Waals surface area contributed by atoms with Crippen LogP contribution >= 0.6 is 11.3 Å². The highest BCUT2D eigenvalue weighted by atomic mass is 32.1. The molecule has 2 heterocycles.